The number of carbonyl (C=O) groups is 1. The maximum absolute atomic E-state index is 13.8. The summed E-state index contributed by atoms with van der Waals surface area (Å²) in [7, 11) is 0. The molecule has 0 aliphatic rings. The highest BCUT2D eigenvalue weighted by Crippen LogP contribution is 2.35. The van der Waals surface area contributed by atoms with Gasteiger partial charge in [-0.3, -0.25) is 4.79 Å². The molecule has 0 bridgehead atoms. The van der Waals surface area contributed by atoms with Crippen molar-refractivity contribution in [1.82, 2.24) is 4.98 Å². The van der Waals surface area contributed by atoms with Crippen LogP contribution in [0.15, 0.2) is 54.6 Å². The molecule has 2 aromatic carbocycles. The highest BCUT2D eigenvalue weighted by molar-refractivity contribution is 7.16. The van der Waals surface area contributed by atoms with Gasteiger partial charge in [0.1, 0.15) is 5.82 Å². The van der Waals surface area contributed by atoms with Gasteiger partial charge in [0.2, 0.25) is 0 Å². The molecule has 0 fully saturated rings. The SMILES string of the molecule is CC(C)Cc1sc(N(CCC(=O)O)Cc2ccccc2)nc1-c1cccc(F)c1. The van der Waals surface area contributed by atoms with E-state index in [2.05, 4.69) is 13.8 Å². The van der Waals surface area contributed by atoms with Crippen molar-refractivity contribution in [2.75, 3.05) is 11.4 Å². The molecule has 1 aromatic heterocycles. The van der Waals surface area contributed by atoms with E-state index in [4.69, 9.17) is 4.98 Å². The largest absolute Gasteiger partial charge is 0.481 e. The van der Waals surface area contributed by atoms with Crippen LogP contribution in [0.4, 0.5) is 9.52 Å². The van der Waals surface area contributed by atoms with Gasteiger partial charge in [-0.05, 0) is 30.0 Å². The number of halogens is 1. The summed E-state index contributed by atoms with van der Waals surface area (Å²) in [5.41, 5.74) is 2.62. The van der Waals surface area contributed by atoms with Gasteiger partial charge in [-0.2, -0.15) is 0 Å². The fourth-order valence-corrected chi connectivity index (χ4v) is 4.44. The molecule has 1 heterocycles. The van der Waals surface area contributed by atoms with E-state index in [-0.39, 0.29) is 12.2 Å². The number of carboxylic acids is 1. The fourth-order valence-electron chi connectivity index (χ4n) is 3.12. The average molecular weight is 413 g/mol. The Morgan fingerprint density at radius 3 is 2.59 bits per heavy atom. The van der Waals surface area contributed by atoms with Crippen LogP contribution in [0.25, 0.3) is 11.3 Å². The molecule has 29 heavy (non-hydrogen) atoms. The normalized spacial score (nSPS) is 11.0. The summed E-state index contributed by atoms with van der Waals surface area (Å²) in [6, 6.07) is 16.4. The Kier molecular flexibility index (Phi) is 6.99. The Hall–Kier alpha value is -2.73. The average Bonchev–Trinajstić information content (AvgIpc) is 3.08. The maximum atomic E-state index is 13.8. The number of aromatic nitrogens is 1. The third kappa shape index (κ3) is 5.87. The highest BCUT2D eigenvalue weighted by atomic mass is 32.1. The lowest BCUT2D eigenvalue weighted by molar-refractivity contribution is -0.136. The number of thiazole rings is 1. The molecule has 0 saturated carbocycles. The zero-order valence-corrected chi connectivity index (χ0v) is 17.5. The van der Waals surface area contributed by atoms with Crippen LogP contribution in [0.2, 0.25) is 0 Å². The number of carboxylic acid groups (broad SMARTS) is 1. The molecule has 0 aliphatic heterocycles. The van der Waals surface area contributed by atoms with Crippen molar-refractivity contribution in [2.24, 2.45) is 5.92 Å². The smallest absolute Gasteiger partial charge is 0.305 e. The van der Waals surface area contributed by atoms with Crippen molar-refractivity contribution in [3.8, 4) is 11.3 Å². The summed E-state index contributed by atoms with van der Waals surface area (Å²) in [5.74, 6) is -0.704. The predicted molar refractivity (Wildman–Crippen MR) is 116 cm³/mol. The van der Waals surface area contributed by atoms with E-state index in [0.29, 0.717) is 19.0 Å². The van der Waals surface area contributed by atoms with Crippen molar-refractivity contribution >= 4 is 22.4 Å². The number of hydrogen-bond donors (Lipinski definition) is 1. The second-order valence-electron chi connectivity index (χ2n) is 7.43. The van der Waals surface area contributed by atoms with Gasteiger partial charge in [-0.25, -0.2) is 9.37 Å². The predicted octanol–water partition coefficient (Wildman–Crippen LogP) is 5.63. The van der Waals surface area contributed by atoms with Crippen molar-refractivity contribution in [3.05, 3.63) is 70.9 Å². The third-order valence-corrected chi connectivity index (χ3v) is 5.60. The van der Waals surface area contributed by atoms with E-state index < -0.39 is 5.97 Å². The van der Waals surface area contributed by atoms with Crippen molar-refractivity contribution in [1.29, 1.82) is 0 Å². The topological polar surface area (TPSA) is 53.4 Å². The highest BCUT2D eigenvalue weighted by Gasteiger charge is 2.19. The molecule has 1 N–H and O–H groups in total. The van der Waals surface area contributed by atoms with Crippen LogP contribution in [-0.2, 0) is 17.8 Å². The zero-order chi connectivity index (χ0) is 20.8. The lowest BCUT2D eigenvalue weighted by atomic mass is 10.0. The van der Waals surface area contributed by atoms with Crippen LogP contribution >= 0.6 is 11.3 Å². The first-order valence-corrected chi connectivity index (χ1v) is 10.5. The summed E-state index contributed by atoms with van der Waals surface area (Å²) >= 11 is 1.57. The minimum atomic E-state index is -0.840. The molecule has 0 saturated heterocycles. The van der Waals surface area contributed by atoms with Crippen LogP contribution in [-0.4, -0.2) is 22.6 Å². The Bertz CT molecular complexity index is 957. The van der Waals surface area contributed by atoms with E-state index in [0.717, 1.165) is 33.3 Å². The Morgan fingerprint density at radius 1 is 1.17 bits per heavy atom. The monoisotopic (exact) mass is 412 g/mol. The van der Waals surface area contributed by atoms with E-state index in [1.54, 1.807) is 17.4 Å². The van der Waals surface area contributed by atoms with Crippen molar-refractivity contribution in [3.63, 3.8) is 0 Å². The van der Waals surface area contributed by atoms with Crippen molar-refractivity contribution < 1.29 is 14.3 Å². The lowest BCUT2D eigenvalue weighted by Gasteiger charge is -2.21. The fraction of sp³-hybridized carbons (Fsp3) is 0.304. The number of aliphatic carboxylic acids is 1. The summed E-state index contributed by atoms with van der Waals surface area (Å²) in [6.45, 7) is 5.22. The first-order chi connectivity index (χ1) is 13.9. The van der Waals surface area contributed by atoms with Gasteiger partial charge in [-0.15, -0.1) is 11.3 Å². The van der Waals surface area contributed by atoms with Gasteiger partial charge in [0.05, 0.1) is 12.1 Å². The standard InChI is InChI=1S/C23H25FN2O2S/c1-16(2)13-20-22(18-9-6-10-19(24)14-18)25-23(29-20)26(12-11-21(27)28)15-17-7-4-3-5-8-17/h3-10,14,16H,11-13,15H2,1-2H3,(H,27,28). The van der Waals surface area contributed by atoms with Crippen LogP contribution in [0.1, 0.15) is 30.7 Å². The Labute approximate surface area is 174 Å². The van der Waals surface area contributed by atoms with E-state index >= 15 is 0 Å². The number of anilines is 1. The molecule has 3 rings (SSSR count). The molecule has 0 amide bonds. The minimum Gasteiger partial charge on any atom is -0.481 e. The van der Waals surface area contributed by atoms with Crippen LogP contribution in [0.5, 0.6) is 0 Å². The van der Waals surface area contributed by atoms with Gasteiger partial charge < -0.3 is 10.0 Å². The van der Waals surface area contributed by atoms with Gasteiger partial charge in [0.15, 0.2) is 5.13 Å². The van der Waals surface area contributed by atoms with Crippen LogP contribution < -0.4 is 4.90 Å². The molecule has 0 atom stereocenters. The van der Waals surface area contributed by atoms with Gasteiger partial charge in [-0.1, -0.05) is 56.3 Å². The molecular formula is C23H25FN2O2S. The number of benzene rings is 2. The Balaban J connectivity index is 1.98. The maximum Gasteiger partial charge on any atom is 0.305 e. The molecule has 0 aliphatic carbocycles. The molecule has 0 radical (unpaired) electrons. The van der Waals surface area contributed by atoms with Gasteiger partial charge in [0.25, 0.3) is 0 Å². The number of nitrogens with zero attached hydrogens (tertiary/aromatic N) is 2. The molecule has 4 nitrogen and oxygen atoms in total. The number of hydrogen-bond acceptors (Lipinski definition) is 4. The van der Waals surface area contributed by atoms with Crippen molar-refractivity contribution in [2.45, 2.75) is 33.2 Å². The first-order valence-electron chi connectivity index (χ1n) is 9.68. The van der Waals surface area contributed by atoms with E-state index in [9.17, 15) is 14.3 Å². The quantitative estimate of drug-likeness (QED) is 0.495. The van der Waals surface area contributed by atoms with Gasteiger partial charge >= 0.3 is 5.97 Å². The Morgan fingerprint density at radius 2 is 1.93 bits per heavy atom. The second kappa shape index (κ2) is 9.65. The summed E-state index contributed by atoms with van der Waals surface area (Å²) in [4.78, 5) is 19.1. The van der Waals surface area contributed by atoms with Crippen LogP contribution in [0, 0.1) is 11.7 Å². The summed E-state index contributed by atoms with van der Waals surface area (Å²) in [6.07, 6.45) is 0.864. The third-order valence-electron chi connectivity index (χ3n) is 4.46. The molecule has 0 unspecified atom stereocenters. The second-order valence-corrected chi connectivity index (χ2v) is 8.49. The summed E-state index contributed by atoms with van der Waals surface area (Å²) in [5, 5.41) is 9.95. The van der Waals surface area contributed by atoms with E-state index in [1.165, 1.54) is 12.1 Å². The minimum absolute atomic E-state index is 0.0290. The molecule has 152 valence electrons. The molecule has 6 heteroatoms. The number of rotatable bonds is 9. The summed E-state index contributed by atoms with van der Waals surface area (Å²) < 4.78 is 13.8. The zero-order valence-electron chi connectivity index (χ0n) is 16.6. The molecule has 3 aromatic rings. The first kappa shape index (κ1) is 21.0. The van der Waals surface area contributed by atoms with Gasteiger partial charge in [0, 0.05) is 23.5 Å². The molecule has 0 spiro atoms. The molecular weight excluding hydrogens is 387 g/mol. The lowest BCUT2D eigenvalue weighted by Crippen LogP contribution is -2.25. The van der Waals surface area contributed by atoms with E-state index in [1.807, 2.05) is 41.3 Å². The van der Waals surface area contributed by atoms with Crippen LogP contribution in [0.3, 0.4) is 0 Å².